The number of rotatable bonds is 8. The van der Waals surface area contributed by atoms with Crippen molar-refractivity contribution >= 4 is 18.0 Å². The molecule has 7 nitrogen and oxygen atoms in total. The van der Waals surface area contributed by atoms with Gasteiger partial charge < -0.3 is 20.5 Å². The largest absolute Gasteiger partial charge is 0.481 e. The quantitative estimate of drug-likeness (QED) is 0.554. The van der Waals surface area contributed by atoms with Crippen LogP contribution in [-0.4, -0.2) is 42.8 Å². The summed E-state index contributed by atoms with van der Waals surface area (Å²) in [6, 6.07) is 16.4. The molecule has 2 saturated carbocycles. The molecule has 2 fully saturated rings. The Hall–Kier alpha value is -3.35. The summed E-state index contributed by atoms with van der Waals surface area (Å²) < 4.78 is 5.61. The molecule has 0 radical (unpaired) electrons. The maximum atomic E-state index is 12.6. The summed E-state index contributed by atoms with van der Waals surface area (Å²) >= 11 is 0. The fourth-order valence-corrected chi connectivity index (χ4v) is 5.63. The highest BCUT2D eigenvalue weighted by atomic mass is 16.5. The molecule has 2 amide bonds. The average Bonchev–Trinajstić information content (AvgIpc) is 3.36. The summed E-state index contributed by atoms with van der Waals surface area (Å²) in [5.74, 6) is -1.18. The fraction of sp³-hybridized carbons (Fsp3) is 0.444. The molecule has 5 rings (SSSR count). The maximum Gasteiger partial charge on any atom is 0.407 e. The SMILES string of the molecule is O=C(NC[C@H]1CCC[C@H]1C(=O)NC[C@H]1C[C@H]1C(=O)O)OCC1c2ccccc2-c2ccccc21. The van der Waals surface area contributed by atoms with Crippen LogP contribution in [0, 0.1) is 23.7 Å². The zero-order chi connectivity index (χ0) is 23.7. The average molecular weight is 463 g/mol. The number of carboxylic acid groups (broad SMARTS) is 1. The van der Waals surface area contributed by atoms with E-state index in [0.29, 0.717) is 19.5 Å². The van der Waals surface area contributed by atoms with Gasteiger partial charge in [-0.15, -0.1) is 0 Å². The molecule has 0 spiro atoms. The highest BCUT2D eigenvalue weighted by Crippen LogP contribution is 2.44. The van der Waals surface area contributed by atoms with Crippen molar-refractivity contribution in [2.75, 3.05) is 19.7 Å². The van der Waals surface area contributed by atoms with E-state index < -0.39 is 12.1 Å². The van der Waals surface area contributed by atoms with Crippen LogP contribution in [0.15, 0.2) is 48.5 Å². The predicted octanol–water partition coefficient (Wildman–Crippen LogP) is 3.78. The van der Waals surface area contributed by atoms with Crippen LogP contribution in [-0.2, 0) is 14.3 Å². The first-order valence-electron chi connectivity index (χ1n) is 12.1. The number of nitrogens with one attached hydrogen (secondary N) is 2. The first kappa shape index (κ1) is 22.4. The lowest BCUT2D eigenvalue weighted by Crippen LogP contribution is -2.39. The van der Waals surface area contributed by atoms with Crippen molar-refractivity contribution in [2.45, 2.75) is 31.6 Å². The van der Waals surface area contributed by atoms with E-state index in [-0.39, 0.29) is 42.1 Å². The van der Waals surface area contributed by atoms with Crippen molar-refractivity contribution in [3.05, 3.63) is 59.7 Å². The number of alkyl carbamates (subject to hydrolysis) is 1. The van der Waals surface area contributed by atoms with E-state index in [1.54, 1.807) is 0 Å². The summed E-state index contributed by atoms with van der Waals surface area (Å²) in [6.07, 6.45) is 2.78. The molecule has 34 heavy (non-hydrogen) atoms. The van der Waals surface area contributed by atoms with Gasteiger partial charge in [-0.3, -0.25) is 9.59 Å². The van der Waals surface area contributed by atoms with Crippen LogP contribution in [0.2, 0.25) is 0 Å². The maximum absolute atomic E-state index is 12.6. The van der Waals surface area contributed by atoms with E-state index in [2.05, 4.69) is 34.9 Å². The summed E-state index contributed by atoms with van der Waals surface area (Å²) in [7, 11) is 0. The third-order valence-corrected chi connectivity index (χ3v) is 7.63. The van der Waals surface area contributed by atoms with Gasteiger partial charge in [0.2, 0.25) is 5.91 Å². The summed E-state index contributed by atoms with van der Waals surface area (Å²) in [5.41, 5.74) is 4.72. The van der Waals surface area contributed by atoms with E-state index in [1.807, 2.05) is 24.3 Å². The van der Waals surface area contributed by atoms with Crippen LogP contribution in [0.25, 0.3) is 11.1 Å². The van der Waals surface area contributed by atoms with Crippen molar-refractivity contribution in [2.24, 2.45) is 23.7 Å². The Morgan fingerprint density at radius 2 is 1.50 bits per heavy atom. The number of carbonyl (C=O) groups excluding carboxylic acids is 2. The molecule has 0 unspecified atom stereocenters. The molecule has 0 heterocycles. The van der Waals surface area contributed by atoms with Crippen LogP contribution in [0.4, 0.5) is 4.79 Å². The fourth-order valence-electron chi connectivity index (χ4n) is 5.63. The van der Waals surface area contributed by atoms with Crippen molar-refractivity contribution in [3.8, 4) is 11.1 Å². The number of carboxylic acids is 1. The van der Waals surface area contributed by atoms with Crippen molar-refractivity contribution in [1.82, 2.24) is 10.6 Å². The molecule has 7 heteroatoms. The number of aliphatic carboxylic acids is 1. The highest BCUT2D eigenvalue weighted by molar-refractivity contribution is 5.80. The highest BCUT2D eigenvalue weighted by Gasteiger charge is 2.43. The summed E-state index contributed by atoms with van der Waals surface area (Å²) in [5, 5.41) is 14.8. The van der Waals surface area contributed by atoms with E-state index in [9.17, 15) is 14.4 Å². The summed E-state index contributed by atoms with van der Waals surface area (Å²) in [6.45, 7) is 1.08. The van der Waals surface area contributed by atoms with Crippen molar-refractivity contribution < 1.29 is 24.2 Å². The van der Waals surface area contributed by atoms with Crippen LogP contribution in [0.5, 0.6) is 0 Å². The number of hydrogen-bond donors (Lipinski definition) is 3. The number of fused-ring (bicyclic) bond motifs is 3. The third-order valence-electron chi connectivity index (χ3n) is 7.63. The number of ether oxygens (including phenoxy) is 1. The van der Waals surface area contributed by atoms with Crippen LogP contribution < -0.4 is 10.6 Å². The van der Waals surface area contributed by atoms with Gasteiger partial charge in [-0.05, 0) is 53.4 Å². The zero-order valence-corrected chi connectivity index (χ0v) is 19.0. The third kappa shape index (κ3) is 4.52. The monoisotopic (exact) mass is 462 g/mol. The van der Waals surface area contributed by atoms with Gasteiger partial charge in [0.15, 0.2) is 0 Å². The minimum absolute atomic E-state index is 0.0141. The summed E-state index contributed by atoms with van der Waals surface area (Å²) in [4.78, 5) is 36.1. The lowest BCUT2D eigenvalue weighted by molar-refractivity contribution is -0.139. The normalized spacial score (nSPS) is 24.7. The van der Waals surface area contributed by atoms with Crippen LogP contribution >= 0.6 is 0 Å². The first-order valence-corrected chi connectivity index (χ1v) is 12.1. The van der Waals surface area contributed by atoms with E-state index in [1.165, 1.54) is 22.3 Å². The van der Waals surface area contributed by atoms with E-state index in [0.717, 1.165) is 19.3 Å². The van der Waals surface area contributed by atoms with Crippen molar-refractivity contribution in [3.63, 3.8) is 0 Å². The number of hydrogen-bond acceptors (Lipinski definition) is 4. The van der Waals surface area contributed by atoms with Gasteiger partial charge in [-0.2, -0.15) is 0 Å². The number of carbonyl (C=O) groups is 3. The van der Waals surface area contributed by atoms with Gasteiger partial charge in [0.1, 0.15) is 6.61 Å². The van der Waals surface area contributed by atoms with Gasteiger partial charge in [0.25, 0.3) is 0 Å². The van der Waals surface area contributed by atoms with Crippen LogP contribution in [0.1, 0.15) is 42.7 Å². The smallest absolute Gasteiger partial charge is 0.407 e. The lowest BCUT2D eigenvalue weighted by atomic mass is 9.95. The van der Waals surface area contributed by atoms with Gasteiger partial charge in [0.05, 0.1) is 5.92 Å². The van der Waals surface area contributed by atoms with Gasteiger partial charge in [0, 0.05) is 24.9 Å². The molecule has 0 bridgehead atoms. The van der Waals surface area contributed by atoms with Gasteiger partial charge in [-0.1, -0.05) is 55.0 Å². The Bertz CT molecular complexity index is 1050. The second-order valence-electron chi connectivity index (χ2n) is 9.69. The molecule has 0 aliphatic heterocycles. The predicted molar refractivity (Wildman–Crippen MR) is 126 cm³/mol. The van der Waals surface area contributed by atoms with Gasteiger partial charge >= 0.3 is 12.1 Å². The molecule has 3 aliphatic carbocycles. The molecule has 0 saturated heterocycles. The topological polar surface area (TPSA) is 105 Å². The Kier molecular flexibility index (Phi) is 6.26. The molecular formula is C27H30N2O5. The molecular weight excluding hydrogens is 432 g/mol. The Morgan fingerprint density at radius 1 is 0.853 bits per heavy atom. The molecule has 0 aromatic heterocycles. The second-order valence-corrected chi connectivity index (χ2v) is 9.69. The molecule has 4 atom stereocenters. The Balaban J connectivity index is 1.10. The zero-order valence-electron chi connectivity index (χ0n) is 19.0. The minimum atomic E-state index is -0.787. The second kappa shape index (κ2) is 9.49. The first-order chi connectivity index (χ1) is 16.5. The minimum Gasteiger partial charge on any atom is -0.481 e. The van der Waals surface area contributed by atoms with Crippen molar-refractivity contribution in [1.29, 1.82) is 0 Å². The molecule has 2 aromatic rings. The van der Waals surface area contributed by atoms with Gasteiger partial charge in [-0.25, -0.2) is 4.79 Å². The lowest BCUT2D eigenvalue weighted by Gasteiger charge is -2.20. The molecule has 178 valence electrons. The molecule has 2 aromatic carbocycles. The number of benzene rings is 2. The van der Waals surface area contributed by atoms with Crippen LogP contribution in [0.3, 0.4) is 0 Å². The molecule has 3 N–H and O–H groups in total. The van der Waals surface area contributed by atoms with E-state index in [4.69, 9.17) is 9.84 Å². The standard InChI is InChI=1S/C27H30N2O5/c30-25(28-14-17-12-23(17)26(31)32)18-11-5-6-16(18)13-29-27(33)34-15-24-21-9-3-1-7-19(21)20-8-2-4-10-22(20)24/h1-4,7-10,16-18,23-24H,5-6,11-15H2,(H,28,30)(H,29,33)(H,31,32)/t16-,17-,18-,23-/m1/s1. The Labute approximate surface area is 198 Å². The van der Waals surface area contributed by atoms with E-state index >= 15 is 0 Å². The molecule has 3 aliphatic rings. The Morgan fingerprint density at radius 3 is 2.15 bits per heavy atom. The number of amides is 2.